The van der Waals surface area contributed by atoms with Crippen molar-refractivity contribution < 1.29 is 10.2 Å². The summed E-state index contributed by atoms with van der Waals surface area (Å²) in [6.07, 6.45) is 3.82. The maximum absolute atomic E-state index is 9.85. The van der Waals surface area contributed by atoms with Crippen molar-refractivity contribution in [1.29, 1.82) is 0 Å². The van der Waals surface area contributed by atoms with Gasteiger partial charge in [-0.05, 0) is 36.7 Å². The molecule has 0 bridgehead atoms. The number of benzene rings is 1. The molecule has 0 aliphatic heterocycles. The molecule has 3 unspecified atom stereocenters. The third-order valence-corrected chi connectivity index (χ3v) is 4.65. The number of aromatic hydroxyl groups is 2. The second kappa shape index (κ2) is 6.49. The van der Waals surface area contributed by atoms with E-state index >= 15 is 0 Å². The van der Waals surface area contributed by atoms with Crippen LogP contribution in [0.5, 0.6) is 11.5 Å². The predicted molar refractivity (Wildman–Crippen MR) is 81.7 cm³/mol. The summed E-state index contributed by atoms with van der Waals surface area (Å²) in [5.74, 6) is 2.45. The van der Waals surface area contributed by atoms with Crippen molar-refractivity contribution in [2.45, 2.75) is 52.6 Å². The van der Waals surface area contributed by atoms with Crippen molar-refractivity contribution in [3.63, 3.8) is 0 Å². The summed E-state index contributed by atoms with van der Waals surface area (Å²) in [7, 11) is 0. The second-order valence-corrected chi connectivity index (χ2v) is 6.63. The molecule has 0 spiro atoms. The summed E-state index contributed by atoms with van der Waals surface area (Å²) in [6, 6.07) is 5.33. The first-order valence-corrected chi connectivity index (χ1v) is 7.71. The van der Waals surface area contributed by atoms with Gasteiger partial charge in [0.1, 0.15) is 11.5 Å². The van der Waals surface area contributed by atoms with Crippen LogP contribution in [-0.2, 0) is 6.54 Å². The van der Waals surface area contributed by atoms with Gasteiger partial charge in [0.2, 0.25) is 0 Å². The molecule has 1 fully saturated rings. The molecule has 20 heavy (non-hydrogen) atoms. The van der Waals surface area contributed by atoms with Gasteiger partial charge < -0.3 is 15.5 Å². The van der Waals surface area contributed by atoms with Crippen LogP contribution in [0, 0.1) is 17.8 Å². The van der Waals surface area contributed by atoms with Gasteiger partial charge in [-0.15, -0.1) is 0 Å². The Morgan fingerprint density at radius 3 is 2.65 bits per heavy atom. The number of hydrogen-bond acceptors (Lipinski definition) is 3. The summed E-state index contributed by atoms with van der Waals surface area (Å²) in [5, 5.41) is 22.8. The van der Waals surface area contributed by atoms with Crippen molar-refractivity contribution in [3.05, 3.63) is 23.8 Å². The lowest BCUT2D eigenvalue weighted by Gasteiger charge is -2.38. The monoisotopic (exact) mass is 277 g/mol. The fourth-order valence-corrected chi connectivity index (χ4v) is 3.38. The van der Waals surface area contributed by atoms with Crippen molar-refractivity contribution >= 4 is 0 Å². The van der Waals surface area contributed by atoms with Crippen LogP contribution in [0.15, 0.2) is 18.2 Å². The van der Waals surface area contributed by atoms with E-state index in [4.69, 9.17) is 0 Å². The lowest BCUT2D eigenvalue weighted by atomic mass is 9.74. The Hall–Kier alpha value is -1.22. The van der Waals surface area contributed by atoms with Crippen LogP contribution in [0.2, 0.25) is 0 Å². The Kier molecular flexibility index (Phi) is 4.92. The van der Waals surface area contributed by atoms with Crippen molar-refractivity contribution in [2.24, 2.45) is 17.8 Å². The Bertz CT molecular complexity index is 445. The van der Waals surface area contributed by atoms with E-state index in [1.807, 2.05) is 0 Å². The third-order valence-electron chi connectivity index (χ3n) is 4.65. The minimum absolute atomic E-state index is 0.109. The number of rotatable bonds is 4. The number of phenolic OH excluding ortho intramolecular Hbond substituents is 2. The molecule has 0 aromatic heterocycles. The van der Waals surface area contributed by atoms with E-state index in [1.165, 1.54) is 25.3 Å². The van der Waals surface area contributed by atoms with E-state index in [9.17, 15) is 10.2 Å². The largest absolute Gasteiger partial charge is 0.508 e. The minimum atomic E-state index is 0.109. The van der Waals surface area contributed by atoms with Crippen LogP contribution in [0.3, 0.4) is 0 Å². The summed E-state index contributed by atoms with van der Waals surface area (Å²) in [5.41, 5.74) is 0.850. The minimum Gasteiger partial charge on any atom is -0.508 e. The SMILES string of the molecule is CC1CCC(C(C)C)C(NCc2ccc(O)cc2O)C1. The molecular weight excluding hydrogens is 250 g/mol. The molecular formula is C17H27NO2. The van der Waals surface area contributed by atoms with E-state index in [-0.39, 0.29) is 11.5 Å². The first-order chi connectivity index (χ1) is 9.47. The predicted octanol–water partition coefficient (Wildman–Crippen LogP) is 3.65. The highest BCUT2D eigenvalue weighted by atomic mass is 16.3. The summed E-state index contributed by atoms with van der Waals surface area (Å²) < 4.78 is 0. The Balaban J connectivity index is 2.00. The Morgan fingerprint density at radius 2 is 2.00 bits per heavy atom. The highest BCUT2D eigenvalue weighted by molar-refractivity contribution is 5.38. The molecule has 0 amide bonds. The van der Waals surface area contributed by atoms with E-state index in [0.29, 0.717) is 24.4 Å². The molecule has 3 atom stereocenters. The zero-order valence-corrected chi connectivity index (χ0v) is 12.8. The van der Waals surface area contributed by atoms with Gasteiger partial charge in [-0.25, -0.2) is 0 Å². The van der Waals surface area contributed by atoms with Gasteiger partial charge in [0.25, 0.3) is 0 Å². The van der Waals surface area contributed by atoms with E-state index in [1.54, 1.807) is 12.1 Å². The zero-order chi connectivity index (χ0) is 14.7. The van der Waals surface area contributed by atoms with Crippen LogP contribution in [0.4, 0.5) is 0 Å². The molecule has 1 saturated carbocycles. The number of phenols is 2. The van der Waals surface area contributed by atoms with E-state index in [0.717, 1.165) is 11.5 Å². The van der Waals surface area contributed by atoms with Crippen LogP contribution < -0.4 is 5.32 Å². The van der Waals surface area contributed by atoms with Crippen LogP contribution in [0.1, 0.15) is 45.6 Å². The Morgan fingerprint density at radius 1 is 1.25 bits per heavy atom. The molecule has 0 saturated heterocycles. The van der Waals surface area contributed by atoms with Gasteiger partial charge in [0, 0.05) is 24.2 Å². The van der Waals surface area contributed by atoms with Gasteiger partial charge >= 0.3 is 0 Å². The lowest BCUT2D eigenvalue weighted by Crippen LogP contribution is -2.42. The smallest absolute Gasteiger partial charge is 0.123 e. The molecule has 1 aromatic carbocycles. The van der Waals surface area contributed by atoms with Crippen LogP contribution in [-0.4, -0.2) is 16.3 Å². The molecule has 3 N–H and O–H groups in total. The summed E-state index contributed by atoms with van der Waals surface area (Å²) in [4.78, 5) is 0. The first-order valence-electron chi connectivity index (χ1n) is 7.71. The lowest BCUT2D eigenvalue weighted by molar-refractivity contribution is 0.169. The average molecular weight is 277 g/mol. The highest BCUT2D eigenvalue weighted by Gasteiger charge is 2.30. The summed E-state index contributed by atoms with van der Waals surface area (Å²) in [6.45, 7) is 7.58. The Labute approximate surface area is 122 Å². The van der Waals surface area contributed by atoms with Crippen LogP contribution in [0.25, 0.3) is 0 Å². The second-order valence-electron chi connectivity index (χ2n) is 6.63. The normalized spacial score (nSPS) is 26.9. The fourth-order valence-electron chi connectivity index (χ4n) is 3.38. The average Bonchev–Trinajstić information content (AvgIpc) is 2.37. The van der Waals surface area contributed by atoms with Crippen LogP contribution >= 0.6 is 0 Å². The fraction of sp³-hybridized carbons (Fsp3) is 0.647. The zero-order valence-electron chi connectivity index (χ0n) is 12.8. The van der Waals surface area contributed by atoms with E-state index in [2.05, 4.69) is 26.1 Å². The molecule has 1 aliphatic carbocycles. The van der Waals surface area contributed by atoms with Gasteiger partial charge in [-0.1, -0.05) is 33.3 Å². The van der Waals surface area contributed by atoms with Crippen molar-refractivity contribution in [1.82, 2.24) is 5.32 Å². The number of nitrogens with one attached hydrogen (secondary N) is 1. The maximum atomic E-state index is 9.85. The van der Waals surface area contributed by atoms with Gasteiger partial charge in [0.05, 0.1) is 0 Å². The molecule has 1 aromatic rings. The number of hydrogen-bond donors (Lipinski definition) is 3. The van der Waals surface area contributed by atoms with E-state index < -0.39 is 0 Å². The summed E-state index contributed by atoms with van der Waals surface area (Å²) >= 11 is 0. The first kappa shape index (κ1) is 15.2. The third kappa shape index (κ3) is 3.66. The molecule has 3 heteroatoms. The van der Waals surface area contributed by atoms with Gasteiger partial charge in [-0.3, -0.25) is 0 Å². The standard InChI is InChI=1S/C17H27NO2/c1-11(2)15-7-4-12(3)8-16(15)18-10-13-5-6-14(19)9-17(13)20/h5-6,9,11-12,15-16,18-20H,4,7-8,10H2,1-3H3. The quantitative estimate of drug-likeness (QED) is 0.787. The van der Waals surface area contributed by atoms with Gasteiger partial charge in [0.15, 0.2) is 0 Å². The molecule has 0 radical (unpaired) electrons. The molecule has 1 aliphatic rings. The molecule has 3 nitrogen and oxygen atoms in total. The molecule has 2 rings (SSSR count). The highest BCUT2D eigenvalue weighted by Crippen LogP contribution is 2.34. The maximum Gasteiger partial charge on any atom is 0.123 e. The molecule has 112 valence electrons. The van der Waals surface area contributed by atoms with Crippen molar-refractivity contribution in [2.75, 3.05) is 0 Å². The van der Waals surface area contributed by atoms with Crippen molar-refractivity contribution in [3.8, 4) is 11.5 Å². The van der Waals surface area contributed by atoms with Gasteiger partial charge in [-0.2, -0.15) is 0 Å². The molecule has 0 heterocycles. The topological polar surface area (TPSA) is 52.5 Å².